The van der Waals surface area contributed by atoms with Gasteiger partial charge in [0.1, 0.15) is 5.75 Å². The van der Waals surface area contributed by atoms with Gasteiger partial charge < -0.3 is 10.1 Å². The van der Waals surface area contributed by atoms with Crippen molar-refractivity contribution in [2.24, 2.45) is 0 Å². The van der Waals surface area contributed by atoms with Crippen molar-refractivity contribution < 1.29 is 4.74 Å². The summed E-state index contributed by atoms with van der Waals surface area (Å²) in [6.45, 7) is 2.79. The SMILES string of the molecule is CCCOc1cncc(C(NC)c2ccc(Cl)cc2)c1. The second-order valence-corrected chi connectivity index (χ2v) is 5.01. The zero-order valence-corrected chi connectivity index (χ0v) is 12.5. The number of aromatic nitrogens is 1. The molecule has 4 heteroatoms. The van der Waals surface area contributed by atoms with Gasteiger partial charge in [-0.1, -0.05) is 30.7 Å². The van der Waals surface area contributed by atoms with Crippen LogP contribution in [0.1, 0.15) is 30.5 Å². The fraction of sp³-hybridized carbons (Fsp3) is 0.312. The van der Waals surface area contributed by atoms with Crippen LogP contribution < -0.4 is 10.1 Å². The Morgan fingerprint density at radius 1 is 1.20 bits per heavy atom. The van der Waals surface area contributed by atoms with Crippen molar-refractivity contribution in [3.05, 3.63) is 58.9 Å². The third-order valence-corrected chi connectivity index (χ3v) is 3.28. The summed E-state index contributed by atoms with van der Waals surface area (Å²) in [5.74, 6) is 0.804. The van der Waals surface area contributed by atoms with Gasteiger partial charge in [-0.2, -0.15) is 0 Å². The summed E-state index contributed by atoms with van der Waals surface area (Å²) >= 11 is 5.94. The molecule has 0 aliphatic heterocycles. The lowest BCUT2D eigenvalue weighted by atomic mass is 10.0. The number of rotatable bonds is 6. The van der Waals surface area contributed by atoms with Gasteiger partial charge in [0.2, 0.25) is 0 Å². The van der Waals surface area contributed by atoms with Crippen molar-refractivity contribution >= 4 is 11.6 Å². The standard InChI is InChI=1S/C16H19ClN2O/c1-3-8-20-15-9-13(10-19-11-15)16(18-2)12-4-6-14(17)7-5-12/h4-7,9-11,16,18H,3,8H2,1-2H3. The molecule has 0 amide bonds. The second-order valence-electron chi connectivity index (χ2n) is 4.58. The molecule has 106 valence electrons. The highest BCUT2D eigenvalue weighted by Gasteiger charge is 2.13. The summed E-state index contributed by atoms with van der Waals surface area (Å²) in [6, 6.07) is 9.92. The lowest BCUT2D eigenvalue weighted by Crippen LogP contribution is -2.17. The van der Waals surface area contributed by atoms with Crippen molar-refractivity contribution in [1.82, 2.24) is 10.3 Å². The maximum atomic E-state index is 5.94. The Kier molecular flexibility index (Phi) is 5.39. The maximum Gasteiger partial charge on any atom is 0.137 e. The molecule has 3 nitrogen and oxygen atoms in total. The van der Waals surface area contributed by atoms with Gasteiger partial charge in [0, 0.05) is 11.2 Å². The number of hydrogen-bond acceptors (Lipinski definition) is 3. The van der Waals surface area contributed by atoms with E-state index in [2.05, 4.69) is 17.2 Å². The first-order valence-electron chi connectivity index (χ1n) is 6.75. The van der Waals surface area contributed by atoms with Crippen LogP contribution in [0.4, 0.5) is 0 Å². The maximum absolute atomic E-state index is 5.94. The molecule has 1 aromatic heterocycles. The minimum absolute atomic E-state index is 0.0740. The van der Waals surface area contributed by atoms with E-state index in [4.69, 9.17) is 16.3 Å². The molecule has 0 bridgehead atoms. The van der Waals surface area contributed by atoms with E-state index in [0.29, 0.717) is 6.61 Å². The molecule has 0 saturated heterocycles. The van der Waals surface area contributed by atoms with Gasteiger partial charge in [0.25, 0.3) is 0 Å². The third kappa shape index (κ3) is 3.71. The van der Waals surface area contributed by atoms with E-state index < -0.39 is 0 Å². The highest BCUT2D eigenvalue weighted by Crippen LogP contribution is 2.25. The van der Waals surface area contributed by atoms with Gasteiger partial charge >= 0.3 is 0 Å². The van der Waals surface area contributed by atoms with Gasteiger partial charge in [-0.25, -0.2) is 0 Å². The number of nitrogens with zero attached hydrogens (tertiary/aromatic N) is 1. The molecule has 0 aliphatic rings. The fourth-order valence-electron chi connectivity index (χ4n) is 2.07. The van der Waals surface area contributed by atoms with Crippen LogP contribution in [0.15, 0.2) is 42.7 Å². The van der Waals surface area contributed by atoms with Crippen LogP contribution in [0.3, 0.4) is 0 Å². The van der Waals surface area contributed by atoms with Gasteiger partial charge in [0.15, 0.2) is 0 Å². The van der Waals surface area contributed by atoms with Gasteiger partial charge in [-0.15, -0.1) is 0 Å². The first-order valence-corrected chi connectivity index (χ1v) is 7.13. The van der Waals surface area contributed by atoms with Gasteiger partial charge in [-0.3, -0.25) is 4.98 Å². The van der Waals surface area contributed by atoms with Crippen LogP contribution in [0, 0.1) is 0 Å². The van der Waals surface area contributed by atoms with E-state index in [-0.39, 0.29) is 6.04 Å². The Balaban J connectivity index is 2.24. The molecule has 2 aromatic rings. The third-order valence-electron chi connectivity index (χ3n) is 3.03. The summed E-state index contributed by atoms with van der Waals surface area (Å²) in [5, 5.41) is 4.04. The largest absolute Gasteiger partial charge is 0.492 e. The molecule has 0 fully saturated rings. The minimum atomic E-state index is 0.0740. The van der Waals surface area contributed by atoms with Crippen molar-refractivity contribution in [2.75, 3.05) is 13.7 Å². The van der Waals surface area contributed by atoms with Crippen LogP contribution >= 0.6 is 11.6 Å². The van der Waals surface area contributed by atoms with E-state index in [1.807, 2.05) is 43.6 Å². The average Bonchev–Trinajstić information content (AvgIpc) is 2.48. The lowest BCUT2D eigenvalue weighted by Gasteiger charge is -2.17. The highest BCUT2D eigenvalue weighted by molar-refractivity contribution is 6.30. The first kappa shape index (κ1) is 14.8. The molecule has 20 heavy (non-hydrogen) atoms. The van der Waals surface area contributed by atoms with E-state index >= 15 is 0 Å². The van der Waals surface area contributed by atoms with Crippen LogP contribution in [0.25, 0.3) is 0 Å². The first-order chi connectivity index (χ1) is 9.74. The number of ether oxygens (including phenoxy) is 1. The number of halogens is 1. The Labute approximate surface area is 124 Å². The minimum Gasteiger partial charge on any atom is -0.492 e. The molecular weight excluding hydrogens is 272 g/mol. The van der Waals surface area contributed by atoms with E-state index in [1.54, 1.807) is 6.20 Å². The highest BCUT2D eigenvalue weighted by atomic mass is 35.5. The van der Waals surface area contributed by atoms with Gasteiger partial charge in [0.05, 0.1) is 18.8 Å². The van der Waals surface area contributed by atoms with E-state index in [0.717, 1.165) is 28.3 Å². The molecule has 0 aliphatic carbocycles. The van der Waals surface area contributed by atoms with Crippen LogP contribution in [0.2, 0.25) is 5.02 Å². The monoisotopic (exact) mass is 290 g/mol. The second kappa shape index (κ2) is 7.27. The van der Waals surface area contributed by atoms with Crippen LogP contribution in [-0.2, 0) is 0 Å². The predicted molar refractivity (Wildman–Crippen MR) is 82.4 cm³/mol. The Hall–Kier alpha value is -1.58. The van der Waals surface area contributed by atoms with E-state index in [1.165, 1.54) is 0 Å². The smallest absolute Gasteiger partial charge is 0.137 e. The summed E-state index contributed by atoms with van der Waals surface area (Å²) in [6.07, 6.45) is 4.58. The average molecular weight is 291 g/mol. The Morgan fingerprint density at radius 3 is 2.60 bits per heavy atom. The molecule has 0 spiro atoms. The van der Waals surface area contributed by atoms with Crippen LogP contribution in [-0.4, -0.2) is 18.6 Å². The summed E-state index contributed by atoms with van der Waals surface area (Å²) < 4.78 is 5.63. The molecule has 0 saturated carbocycles. The summed E-state index contributed by atoms with van der Waals surface area (Å²) in [5.41, 5.74) is 2.22. The quantitative estimate of drug-likeness (QED) is 0.878. The van der Waals surface area contributed by atoms with Gasteiger partial charge in [-0.05, 0) is 42.8 Å². The molecule has 1 heterocycles. The normalized spacial score (nSPS) is 12.2. The molecular formula is C16H19ClN2O. The number of nitrogens with one attached hydrogen (secondary N) is 1. The predicted octanol–water partition coefficient (Wildman–Crippen LogP) is 3.83. The fourth-order valence-corrected chi connectivity index (χ4v) is 2.20. The van der Waals surface area contributed by atoms with Crippen LogP contribution in [0.5, 0.6) is 5.75 Å². The van der Waals surface area contributed by atoms with Crippen molar-refractivity contribution in [2.45, 2.75) is 19.4 Å². The molecule has 2 rings (SSSR count). The van der Waals surface area contributed by atoms with E-state index in [9.17, 15) is 0 Å². The zero-order chi connectivity index (χ0) is 14.4. The summed E-state index contributed by atoms with van der Waals surface area (Å²) in [7, 11) is 1.93. The van der Waals surface area contributed by atoms with Crippen molar-refractivity contribution in [3.8, 4) is 5.75 Å². The number of hydrogen-bond donors (Lipinski definition) is 1. The van der Waals surface area contributed by atoms with Crippen molar-refractivity contribution in [3.63, 3.8) is 0 Å². The summed E-state index contributed by atoms with van der Waals surface area (Å²) in [4.78, 5) is 4.26. The number of pyridine rings is 1. The Morgan fingerprint density at radius 2 is 1.95 bits per heavy atom. The molecule has 1 unspecified atom stereocenters. The zero-order valence-electron chi connectivity index (χ0n) is 11.8. The molecule has 1 aromatic carbocycles. The lowest BCUT2D eigenvalue weighted by molar-refractivity contribution is 0.315. The van der Waals surface area contributed by atoms with Crippen molar-refractivity contribution in [1.29, 1.82) is 0 Å². The molecule has 1 N–H and O–H groups in total. The molecule has 1 atom stereocenters. The molecule has 0 radical (unpaired) electrons. The number of benzene rings is 1. The topological polar surface area (TPSA) is 34.1 Å². The Bertz CT molecular complexity index is 542.